The first kappa shape index (κ1) is 14.3. The average molecular weight is 292 g/mol. The first-order valence-corrected chi connectivity index (χ1v) is 7.49. The summed E-state index contributed by atoms with van der Waals surface area (Å²) in [7, 11) is 1.43. The molecule has 1 aliphatic carbocycles. The van der Waals surface area contributed by atoms with Crippen LogP contribution in [0.25, 0.3) is 0 Å². The Balaban J connectivity index is 1.66. The number of hydrogen-bond acceptors (Lipinski definition) is 3. The Bertz CT molecular complexity index is 557. The van der Waals surface area contributed by atoms with Gasteiger partial charge in [0.25, 0.3) is 0 Å². The number of hydrogen-bond donors (Lipinski definition) is 2. The maximum Gasteiger partial charge on any atom is 0.241 e. The molecular weight excluding hydrogens is 271 g/mol. The van der Waals surface area contributed by atoms with E-state index in [1.165, 1.54) is 26.0 Å². The number of carbonyl (C=O) groups is 1. The van der Waals surface area contributed by atoms with Gasteiger partial charge >= 0.3 is 0 Å². The van der Waals surface area contributed by atoms with Gasteiger partial charge in [-0.1, -0.05) is 0 Å². The zero-order valence-corrected chi connectivity index (χ0v) is 12.4. The van der Waals surface area contributed by atoms with E-state index in [9.17, 15) is 9.18 Å². The molecule has 2 unspecified atom stereocenters. The molecular formula is C16H21FN2O2. The number of aryl methyl sites for hydroxylation is 1. The van der Waals surface area contributed by atoms with Gasteiger partial charge in [-0.15, -0.1) is 0 Å². The quantitative estimate of drug-likeness (QED) is 0.897. The summed E-state index contributed by atoms with van der Waals surface area (Å²) in [5.74, 6) is 0.403. The van der Waals surface area contributed by atoms with Crippen molar-refractivity contribution in [3.05, 3.63) is 23.5 Å². The third kappa shape index (κ3) is 3.02. The summed E-state index contributed by atoms with van der Waals surface area (Å²) in [6.07, 6.45) is 4.45. The highest BCUT2D eigenvalue weighted by molar-refractivity contribution is 5.95. The second-order valence-electron chi connectivity index (χ2n) is 6.03. The largest absolute Gasteiger partial charge is 0.494 e. The van der Waals surface area contributed by atoms with Gasteiger partial charge in [-0.05, 0) is 50.2 Å². The molecule has 0 bridgehead atoms. The number of rotatable bonds is 4. The van der Waals surface area contributed by atoms with Gasteiger partial charge in [-0.2, -0.15) is 0 Å². The van der Waals surface area contributed by atoms with Crippen molar-refractivity contribution < 1.29 is 13.9 Å². The van der Waals surface area contributed by atoms with Crippen LogP contribution in [0.1, 0.15) is 31.2 Å². The van der Waals surface area contributed by atoms with Crippen molar-refractivity contribution in [2.45, 2.75) is 44.7 Å². The molecule has 1 saturated heterocycles. The third-order valence-corrected chi connectivity index (χ3v) is 4.45. The number of carbonyl (C=O) groups excluding carboxylic acids is 1. The van der Waals surface area contributed by atoms with Crippen molar-refractivity contribution in [3.63, 3.8) is 0 Å². The highest BCUT2D eigenvalue weighted by Gasteiger charge is 2.38. The predicted octanol–water partition coefficient (Wildman–Crippen LogP) is 2.61. The molecule has 2 atom stereocenters. The fourth-order valence-corrected chi connectivity index (χ4v) is 3.01. The molecule has 21 heavy (non-hydrogen) atoms. The van der Waals surface area contributed by atoms with Crippen LogP contribution < -0.4 is 15.4 Å². The van der Waals surface area contributed by atoms with Gasteiger partial charge in [0.05, 0.1) is 13.2 Å². The van der Waals surface area contributed by atoms with Crippen LogP contribution in [-0.2, 0) is 4.79 Å². The first-order chi connectivity index (χ1) is 10.1. The normalized spacial score (nSPS) is 24.9. The van der Waals surface area contributed by atoms with Gasteiger partial charge in [-0.3, -0.25) is 4.79 Å². The molecule has 2 fully saturated rings. The molecule has 114 valence electrons. The van der Waals surface area contributed by atoms with Gasteiger partial charge in [-0.25, -0.2) is 4.39 Å². The Morgan fingerprint density at radius 2 is 2.10 bits per heavy atom. The molecule has 1 aromatic carbocycles. The van der Waals surface area contributed by atoms with Gasteiger partial charge in [0, 0.05) is 17.8 Å². The van der Waals surface area contributed by atoms with Gasteiger partial charge in [0.1, 0.15) is 0 Å². The minimum Gasteiger partial charge on any atom is -0.494 e. The molecule has 0 spiro atoms. The number of amides is 1. The van der Waals surface area contributed by atoms with E-state index in [0.29, 0.717) is 11.7 Å². The standard InChI is InChI=1S/C16H21FN2O2/c1-9-7-15(21-2)11(17)8-14(9)19-16(20)13-6-5-12(18-13)10-3-4-10/h7-8,10,12-13,18H,3-6H2,1-2H3,(H,19,20). The van der Waals surface area contributed by atoms with Crippen LogP contribution in [0.4, 0.5) is 10.1 Å². The molecule has 2 aliphatic rings. The molecule has 3 rings (SSSR count). The molecule has 0 radical (unpaired) electrons. The van der Waals surface area contributed by atoms with Crippen LogP contribution in [0.2, 0.25) is 0 Å². The van der Waals surface area contributed by atoms with Crippen LogP contribution in [0.5, 0.6) is 5.75 Å². The Morgan fingerprint density at radius 3 is 2.76 bits per heavy atom. The van der Waals surface area contributed by atoms with Gasteiger partial charge < -0.3 is 15.4 Å². The van der Waals surface area contributed by atoms with Crippen LogP contribution in [0.15, 0.2) is 12.1 Å². The average Bonchev–Trinajstić information content (AvgIpc) is 3.19. The van der Waals surface area contributed by atoms with E-state index >= 15 is 0 Å². The van der Waals surface area contributed by atoms with E-state index in [4.69, 9.17) is 4.74 Å². The van der Waals surface area contributed by atoms with Crippen LogP contribution in [0, 0.1) is 18.7 Å². The summed E-state index contributed by atoms with van der Waals surface area (Å²) in [6.45, 7) is 1.83. The maximum absolute atomic E-state index is 13.7. The summed E-state index contributed by atoms with van der Waals surface area (Å²) < 4.78 is 18.7. The summed E-state index contributed by atoms with van der Waals surface area (Å²) in [4.78, 5) is 12.3. The van der Waals surface area contributed by atoms with Crippen molar-refractivity contribution >= 4 is 11.6 Å². The highest BCUT2D eigenvalue weighted by Crippen LogP contribution is 2.37. The lowest BCUT2D eigenvalue weighted by atomic mass is 10.1. The number of nitrogens with one attached hydrogen (secondary N) is 2. The molecule has 1 aliphatic heterocycles. The van der Waals surface area contributed by atoms with E-state index < -0.39 is 5.82 Å². The molecule has 0 aromatic heterocycles. The van der Waals surface area contributed by atoms with Crippen LogP contribution >= 0.6 is 0 Å². The first-order valence-electron chi connectivity index (χ1n) is 7.49. The van der Waals surface area contributed by atoms with E-state index in [-0.39, 0.29) is 17.7 Å². The molecule has 1 amide bonds. The fraction of sp³-hybridized carbons (Fsp3) is 0.562. The second kappa shape index (κ2) is 5.64. The molecule has 1 saturated carbocycles. The molecule has 5 heteroatoms. The van der Waals surface area contributed by atoms with E-state index in [1.807, 2.05) is 6.92 Å². The zero-order valence-electron chi connectivity index (χ0n) is 12.4. The summed E-state index contributed by atoms with van der Waals surface area (Å²) in [5.41, 5.74) is 1.30. The monoisotopic (exact) mass is 292 g/mol. The van der Waals surface area contributed by atoms with Crippen molar-refractivity contribution in [2.75, 3.05) is 12.4 Å². The van der Waals surface area contributed by atoms with Crippen molar-refractivity contribution in [3.8, 4) is 5.75 Å². The highest BCUT2D eigenvalue weighted by atomic mass is 19.1. The van der Waals surface area contributed by atoms with Gasteiger partial charge in [0.15, 0.2) is 11.6 Å². The molecule has 1 heterocycles. The van der Waals surface area contributed by atoms with Crippen molar-refractivity contribution in [1.29, 1.82) is 0 Å². The number of methoxy groups -OCH3 is 1. The predicted molar refractivity (Wildman–Crippen MR) is 79.0 cm³/mol. The Labute approximate surface area is 124 Å². The van der Waals surface area contributed by atoms with Crippen LogP contribution in [-0.4, -0.2) is 25.1 Å². The summed E-state index contributed by atoms with van der Waals surface area (Å²) >= 11 is 0. The van der Waals surface area contributed by atoms with Gasteiger partial charge in [0.2, 0.25) is 5.91 Å². The van der Waals surface area contributed by atoms with E-state index in [1.54, 1.807) is 6.07 Å². The number of halogens is 1. The molecule has 1 aromatic rings. The minimum absolute atomic E-state index is 0.0779. The lowest BCUT2D eigenvalue weighted by Crippen LogP contribution is -2.39. The number of benzene rings is 1. The lowest BCUT2D eigenvalue weighted by Gasteiger charge is -2.16. The van der Waals surface area contributed by atoms with E-state index in [2.05, 4.69) is 10.6 Å². The fourth-order valence-electron chi connectivity index (χ4n) is 3.01. The van der Waals surface area contributed by atoms with Crippen LogP contribution in [0.3, 0.4) is 0 Å². The van der Waals surface area contributed by atoms with Crippen molar-refractivity contribution in [2.24, 2.45) is 5.92 Å². The molecule has 2 N–H and O–H groups in total. The topological polar surface area (TPSA) is 50.4 Å². The number of ether oxygens (including phenoxy) is 1. The molecule has 4 nitrogen and oxygen atoms in total. The second-order valence-corrected chi connectivity index (χ2v) is 6.03. The minimum atomic E-state index is -0.464. The third-order valence-electron chi connectivity index (χ3n) is 4.45. The number of anilines is 1. The van der Waals surface area contributed by atoms with Crippen molar-refractivity contribution in [1.82, 2.24) is 5.32 Å². The maximum atomic E-state index is 13.7. The van der Waals surface area contributed by atoms with E-state index in [0.717, 1.165) is 24.3 Å². The Morgan fingerprint density at radius 1 is 1.33 bits per heavy atom. The lowest BCUT2D eigenvalue weighted by molar-refractivity contribution is -0.117. The Hall–Kier alpha value is -1.62. The smallest absolute Gasteiger partial charge is 0.241 e. The SMILES string of the molecule is COc1cc(C)c(NC(=O)C2CCC(C3CC3)N2)cc1F. The zero-order chi connectivity index (χ0) is 15.0. The Kier molecular flexibility index (Phi) is 3.85. The summed E-state index contributed by atoms with van der Waals surface area (Å²) in [5, 5.41) is 6.23. The summed E-state index contributed by atoms with van der Waals surface area (Å²) in [6, 6.07) is 3.23.